The quantitative estimate of drug-likeness (QED) is 0.699. The van der Waals surface area contributed by atoms with Crippen LogP contribution in [0.5, 0.6) is 0 Å². The molecule has 1 atom stereocenters. The molecule has 0 aromatic heterocycles. The number of alkyl halides is 1. The van der Waals surface area contributed by atoms with Gasteiger partial charge in [0, 0.05) is 10.6 Å². The van der Waals surface area contributed by atoms with E-state index in [2.05, 4.69) is 6.08 Å². The number of nitrogens with zero attached hydrogens (tertiary/aromatic N) is 1. The highest BCUT2D eigenvalue weighted by Crippen LogP contribution is 2.40. The van der Waals surface area contributed by atoms with Crippen LogP contribution in [0, 0.1) is 0 Å². The van der Waals surface area contributed by atoms with Gasteiger partial charge >= 0.3 is 0 Å². The Balaban J connectivity index is 2.66. The summed E-state index contributed by atoms with van der Waals surface area (Å²) in [5.41, 5.74) is 2.58. The molecule has 0 fully saturated rings. The van der Waals surface area contributed by atoms with Crippen molar-refractivity contribution in [2.75, 3.05) is 4.90 Å². The molecule has 19 heavy (non-hydrogen) atoms. The van der Waals surface area contributed by atoms with Crippen LogP contribution >= 0.6 is 23.2 Å². The van der Waals surface area contributed by atoms with Gasteiger partial charge < -0.3 is 4.90 Å². The Labute approximate surface area is 124 Å². The van der Waals surface area contributed by atoms with E-state index in [1.165, 1.54) is 0 Å². The molecule has 1 heterocycles. The van der Waals surface area contributed by atoms with Gasteiger partial charge in [0.25, 0.3) is 0 Å². The van der Waals surface area contributed by atoms with Gasteiger partial charge in [-0.1, -0.05) is 23.7 Å². The number of hydrogen-bond acceptors (Lipinski definition) is 1. The summed E-state index contributed by atoms with van der Waals surface area (Å²) in [6, 6.07) is 5.60. The summed E-state index contributed by atoms with van der Waals surface area (Å²) >= 11 is 12.1. The van der Waals surface area contributed by atoms with E-state index >= 15 is 0 Å². The lowest BCUT2D eigenvalue weighted by Gasteiger charge is -2.42. The summed E-state index contributed by atoms with van der Waals surface area (Å²) in [5, 5.41) is 0.0437. The van der Waals surface area contributed by atoms with Crippen molar-refractivity contribution in [3.05, 3.63) is 34.9 Å². The normalized spacial score (nSPS) is 18.6. The summed E-state index contributed by atoms with van der Waals surface area (Å²) in [5.74, 6) is -0.112. The number of rotatable bonds is 1. The van der Waals surface area contributed by atoms with Crippen LogP contribution in [-0.4, -0.2) is 16.8 Å². The van der Waals surface area contributed by atoms with Crippen molar-refractivity contribution in [1.29, 1.82) is 0 Å². The zero-order valence-corrected chi connectivity index (χ0v) is 13.0. The van der Waals surface area contributed by atoms with E-state index in [9.17, 15) is 4.79 Å². The lowest BCUT2D eigenvalue weighted by atomic mass is 9.88. The fourth-order valence-corrected chi connectivity index (χ4v) is 2.85. The molecule has 102 valence electrons. The van der Waals surface area contributed by atoms with Crippen LogP contribution in [0.2, 0.25) is 5.02 Å². The maximum absolute atomic E-state index is 12.4. The standard InChI is InChI=1S/C15H17Cl2NO/c1-9-8-15(3,4)18(14(19)10(2)16)13-7-11(17)5-6-12(9)13/h5-8,10H,1-4H3. The summed E-state index contributed by atoms with van der Waals surface area (Å²) in [6.45, 7) is 7.73. The molecule has 2 nitrogen and oxygen atoms in total. The Morgan fingerprint density at radius 1 is 1.37 bits per heavy atom. The van der Waals surface area contributed by atoms with Crippen LogP contribution in [0.1, 0.15) is 33.3 Å². The zero-order valence-electron chi connectivity index (χ0n) is 11.5. The highest BCUT2D eigenvalue weighted by atomic mass is 35.5. The van der Waals surface area contributed by atoms with Gasteiger partial charge in [-0.2, -0.15) is 0 Å². The Hall–Kier alpha value is -0.990. The third-order valence-electron chi connectivity index (χ3n) is 3.33. The molecule has 4 heteroatoms. The number of benzene rings is 1. The molecule has 1 amide bonds. The summed E-state index contributed by atoms with van der Waals surface area (Å²) in [4.78, 5) is 14.2. The summed E-state index contributed by atoms with van der Waals surface area (Å²) in [6.07, 6.45) is 2.08. The first-order chi connectivity index (χ1) is 8.74. The zero-order chi connectivity index (χ0) is 14.4. The fourth-order valence-electron chi connectivity index (χ4n) is 2.59. The summed E-state index contributed by atoms with van der Waals surface area (Å²) < 4.78 is 0. The second-order valence-corrected chi connectivity index (χ2v) is 6.52. The summed E-state index contributed by atoms with van der Waals surface area (Å²) in [7, 11) is 0. The van der Waals surface area contributed by atoms with Crippen molar-refractivity contribution in [1.82, 2.24) is 0 Å². The van der Waals surface area contributed by atoms with E-state index in [-0.39, 0.29) is 5.91 Å². The Morgan fingerprint density at radius 2 is 2.00 bits per heavy atom. The van der Waals surface area contributed by atoms with Crippen molar-refractivity contribution >= 4 is 40.4 Å². The molecule has 0 saturated heterocycles. The van der Waals surface area contributed by atoms with Crippen LogP contribution in [0.4, 0.5) is 5.69 Å². The Kier molecular flexibility index (Phi) is 3.67. The first-order valence-electron chi connectivity index (χ1n) is 6.21. The number of hydrogen-bond donors (Lipinski definition) is 0. The van der Waals surface area contributed by atoms with Gasteiger partial charge in [-0.05, 0) is 45.4 Å². The molecule has 1 aromatic carbocycles. The first-order valence-corrected chi connectivity index (χ1v) is 7.03. The minimum absolute atomic E-state index is 0.112. The second-order valence-electron chi connectivity index (χ2n) is 5.43. The monoisotopic (exact) mass is 297 g/mol. The topological polar surface area (TPSA) is 20.3 Å². The van der Waals surface area contributed by atoms with Crippen LogP contribution in [0.3, 0.4) is 0 Å². The number of fused-ring (bicyclic) bond motifs is 1. The van der Waals surface area contributed by atoms with Gasteiger partial charge in [-0.15, -0.1) is 11.6 Å². The fraction of sp³-hybridized carbons (Fsp3) is 0.400. The highest BCUT2D eigenvalue weighted by Gasteiger charge is 2.37. The molecule has 0 spiro atoms. The van der Waals surface area contributed by atoms with E-state index in [1.807, 2.05) is 39.0 Å². The molecule has 1 aromatic rings. The predicted octanol–water partition coefficient (Wildman–Crippen LogP) is 4.50. The smallest absolute Gasteiger partial charge is 0.245 e. The molecule has 1 aliphatic heterocycles. The lowest BCUT2D eigenvalue weighted by Crippen LogP contribution is -2.51. The number of anilines is 1. The average Bonchev–Trinajstić information content (AvgIpc) is 2.26. The molecule has 0 aliphatic carbocycles. The van der Waals surface area contributed by atoms with Crippen LogP contribution in [-0.2, 0) is 4.79 Å². The molecule has 0 bridgehead atoms. The largest absolute Gasteiger partial charge is 0.301 e. The van der Waals surface area contributed by atoms with Gasteiger partial charge in [0.15, 0.2) is 0 Å². The minimum atomic E-state index is -0.571. The third kappa shape index (κ3) is 2.52. The molecule has 1 aliphatic rings. The molecule has 0 radical (unpaired) electrons. The number of carbonyl (C=O) groups is 1. The lowest BCUT2D eigenvalue weighted by molar-refractivity contribution is -0.118. The van der Waals surface area contributed by atoms with Crippen molar-refractivity contribution in [3.63, 3.8) is 0 Å². The van der Waals surface area contributed by atoms with E-state index < -0.39 is 10.9 Å². The van der Waals surface area contributed by atoms with E-state index in [1.54, 1.807) is 11.8 Å². The van der Waals surface area contributed by atoms with E-state index in [0.717, 1.165) is 16.8 Å². The van der Waals surface area contributed by atoms with Gasteiger partial charge in [-0.25, -0.2) is 0 Å². The number of allylic oxidation sites excluding steroid dienone is 1. The maximum atomic E-state index is 12.4. The molecule has 1 unspecified atom stereocenters. The molecule has 2 rings (SSSR count). The average molecular weight is 298 g/mol. The van der Waals surface area contributed by atoms with Crippen LogP contribution in [0.25, 0.3) is 5.57 Å². The molecule has 0 saturated carbocycles. The van der Waals surface area contributed by atoms with Crippen molar-refractivity contribution in [3.8, 4) is 0 Å². The Morgan fingerprint density at radius 3 is 2.58 bits per heavy atom. The minimum Gasteiger partial charge on any atom is -0.301 e. The molecular weight excluding hydrogens is 281 g/mol. The SMILES string of the molecule is CC1=CC(C)(C)N(C(=O)C(C)Cl)c2cc(Cl)ccc21. The van der Waals surface area contributed by atoms with Crippen molar-refractivity contribution in [2.45, 2.75) is 38.6 Å². The molecule has 0 N–H and O–H groups in total. The molecular formula is C15H17Cl2NO. The van der Waals surface area contributed by atoms with Gasteiger partial charge in [-0.3, -0.25) is 4.79 Å². The maximum Gasteiger partial charge on any atom is 0.245 e. The number of carbonyl (C=O) groups excluding carboxylic acids is 1. The van der Waals surface area contributed by atoms with Crippen LogP contribution in [0.15, 0.2) is 24.3 Å². The van der Waals surface area contributed by atoms with Gasteiger partial charge in [0.1, 0.15) is 5.38 Å². The van der Waals surface area contributed by atoms with E-state index in [4.69, 9.17) is 23.2 Å². The second kappa shape index (κ2) is 4.84. The van der Waals surface area contributed by atoms with E-state index in [0.29, 0.717) is 5.02 Å². The van der Waals surface area contributed by atoms with Gasteiger partial charge in [0.2, 0.25) is 5.91 Å². The van der Waals surface area contributed by atoms with Crippen molar-refractivity contribution < 1.29 is 4.79 Å². The Bertz CT molecular complexity index is 561. The van der Waals surface area contributed by atoms with Crippen molar-refractivity contribution in [2.24, 2.45) is 0 Å². The van der Waals surface area contributed by atoms with Crippen LogP contribution < -0.4 is 4.90 Å². The first kappa shape index (κ1) is 14.4. The highest BCUT2D eigenvalue weighted by molar-refractivity contribution is 6.33. The third-order valence-corrected chi connectivity index (χ3v) is 3.75. The number of halogens is 2. The predicted molar refractivity (Wildman–Crippen MR) is 82.0 cm³/mol. The number of amides is 1. The van der Waals surface area contributed by atoms with Gasteiger partial charge in [0.05, 0.1) is 11.2 Å².